The van der Waals surface area contributed by atoms with Crippen molar-refractivity contribution in [2.24, 2.45) is 0 Å². The molecule has 0 radical (unpaired) electrons. The third-order valence-corrected chi connectivity index (χ3v) is 5.40. The molecule has 106 valence electrons. The van der Waals surface area contributed by atoms with Crippen molar-refractivity contribution in [2.75, 3.05) is 13.1 Å². The minimum absolute atomic E-state index is 0.370. The first-order chi connectivity index (χ1) is 9.61. The highest BCUT2D eigenvalue weighted by Gasteiger charge is 2.24. The second kappa shape index (κ2) is 6.20. The zero-order valence-corrected chi connectivity index (χ0v) is 12.6. The van der Waals surface area contributed by atoms with Crippen LogP contribution in [-0.4, -0.2) is 25.8 Å². The lowest BCUT2D eigenvalue weighted by Crippen LogP contribution is -2.30. The Balaban J connectivity index is 2.60. The summed E-state index contributed by atoms with van der Waals surface area (Å²) in [6.07, 6.45) is 0. The monoisotopic (exact) mass is 289 g/mol. The highest BCUT2D eigenvalue weighted by Crippen LogP contribution is 2.29. The molecule has 0 aliphatic carbocycles. The van der Waals surface area contributed by atoms with E-state index in [1.807, 2.05) is 56.3 Å². The van der Waals surface area contributed by atoms with Gasteiger partial charge >= 0.3 is 0 Å². The quantitative estimate of drug-likeness (QED) is 0.846. The number of nitrogens with zero attached hydrogens (tertiary/aromatic N) is 1. The fourth-order valence-electron chi connectivity index (χ4n) is 2.25. The third kappa shape index (κ3) is 2.76. The molecule has 0 aliphatic rings. The molecule has 0 heterocycles. The van der Waals surface area contributed by atoms with Crippen molar-refractivity contribution < 1.29 is 8.42 Å². The summed E-state index contributed by atoms with van der Waals surface area (Å²) in [6, 6.07) is 16.8. The number of benzene rings is 2. The Morgan fingerprint density at radius 3 is 2.00 bits per heavy atom. The molecule has 0 amide bonds. The summed E-state index contributed by atoms with van der Waals surface area (Å²) in [4.78, 5) is 0.370. The van der Waals surface area contributed by atoms with E-state index in [0.717, 1.165) is 11.1 Å². The summed E-state index contributed by atoms with van der Waals surface area (Å²) < 4.78 is 26.9. The van der Waals surface area contributed by atoms with Crippen LogP contribution in [-0.2, 0) is 10.0 Å². The summed E-state index contributed by atoms with van der Waals surface area (Å²) in [6.45, 7) is 4.66. The van der Waals surface area contributed by atoms with Crippen LogP contribution in [0, 0.1) is 0 Å². The van der Waals surface area contributed by atoms with E-state index in [2.05, 4.69) is 0 Å². The van der Waals surface area contributed by atoms with Crippen molar-refractivity contribution >= 4 is 10.0 Å². The molecule has 4 heteroatoms. The topological polar surface area (TPSA) is 37.4 Å². The molecule has 0 unspecified atom stereocenters. The van der Waals surface area contributed by atoms with Gasteiger partial charge in [0.25, 0.3) is 0 Å². The van der Waals surface area contributed by atoms with Gasteiger partial charge in [0.2, 0.25) is 10.0 Å². The Morgan fingerprint density at radius 2 is 1.40 bits per heavy atom. The number of hydrogen-bond donors (Lipinski definition) is 0. The molecule has 0 atom stereocenters. The Bertz CT molecular complexity index is 662. The molecule has 0 spiro atoms. The van der Waals surface area contributed by atoms with E-state index in [-0.39, 0.29) is 0 Å². The molecule has 0 N–H and O–H groups in total. The van der Waals surface area contributed by atoms with Gasteiger partial charge < -0.3 is 0 Å². The van der Waals surface area contributed by atoms with Crippen molar-refractivity contribution in [3.05, 3.63) is 54.6 Å². The minimum Gasteiger partial charge on any atom is -0.207 e. The number of rotatable bonds is 5. The fraction of sp³-hybridized carbons (Fsp3) is 0.250. The molecule has 0 saturated carbocycles. The van der Waals surface area contributed by atoms with Gasteiger partial charge in [-0.1, -0.05) is 62.4 Å². The van der Waals surface area contributed by atoms with E-state index in [9.17, 15) is 8.42 Å². The molecule has 0 bridgehead atoms. The maximum atomic E-state index is 12.7. The molecule has 0 saturated heterocycles. The maximum Gasteiger partial charge on any atom is 0.243 e. The zero-order valence-electron chi connectivity index (χ0n) is 11.8. The van der Waals surface area contributed by atoms with Gasteiger partial charge in [0.15, 0.2) is 0 Å². The van der Waals surface area contributed by atoms with Gasteiger partial charge in [0.1, 0.15) is 0 Å². The molecular weight excluding hydrogens is 270 g/mol. The lowest BCUT2D eigenvalue weighted by Gasteiger charge is -2.20. The Morgan fingerprint density at radius 1 is 0.850 bits per heavy atom. The lowest BCUT2D eigenvalue weighted by molar-refractivity contribution is 0.445. The fourth-order valence-corrected chi connectivity index (χ4v) is 3.92. The normalized spacial score (nSPS) is 11.8. The van der Waals surface area contributed by atoms with Crippen LogP contribution < -0.4 is 0 Å². The predicted octanol–water partition coefficient (Wildman–Crippen LogP) is 3.38. The molecule has 2 aromatic rings. The average molecular weight is 289 g/mol. The largest absolute Gasteiger partial charge is 0.243 e. The van der Waals surface area contributed by atoms with Crippen molar-refractivity contribution in [1.82, 2.24) is 4.31 Å². The lowest BCUT2D eigenvalue weighted by atomic mass is 10.1. The number of hydrogen-bond acceptors (Lipinski definition) is 2. The second-order valence-electron chi connectivity index (χ2n) is 4.45. The molecule has 0 fully saturated rings. The maximum absolute atomic E-state index is 12.7. The summed E-state index contributed by atoms with van der Waals surface area (Å²) in [5.41, 5.74) is 1.67. The standard InChI is InChI=1S/C16H19NO2S/c1-3-17(4-2)20(18,19)16-13-9-8-12-15(16)14-10-6-5-7-11-14/h5-13H,3-4H2,1-2H3. The summed E-state index contributed by atoms with van der Waals surface area (Å²) in [7, 11) is -3.45. The van der Waals surface area contributed by atoms with Gasteiger partial charge in [0, 0.05) is 18.7 Å². The van der Waals surface area contributed by atoms with Gasteiger partial charge in [-0.3, -0.25) is 0 Å². The predicted molar refractivity (Wildman–Crippen MR) is 82.0 cm³/mol. The van der Waals surface area contributed by atoms with E-state index in [1.165, 1.54) is 4.31 Å². The van der Waals surface area contributed by atoms with Crippen LogP contribution in [0.2, 0.25) is 0 Å². The van der Waals surface area contributed by atoms with E-state index >= 15 is 0 Å². The summed E-state index contributed by atoms with van der Waals surface area (Å²) in [5, 5.41) is 0. The SMILES string of the molecule is CCN(CC)S(=O)(=O)c1ccccc1-c1ccccc1. The third-order valence-electron chi connectivity index (χ3n) is 3.30. The minimum atomic E-state index is -3.45. The first-order valence-corrected chi connectivity index (χ1v) is 8.19. The first-order valence-electron chi connectivity index (χ1n) is 6.75. The highest BCUT2D eigenvalue weighted by molar-refractivity contribution is 7.89. The van der Waals surface area contributed by atoms with Crippen LogP contribution in [0.3, 0.4) is 0 Å². The van der Waals surface area contributed by atoms with Crippen LogP contribution in [0.5, 0.6) is 0 Å². The Hall–Kier alpha value is -1.65. The van der Waals surface area contributed by atoms with Gasteiger partial charge in [-0.15, -0.1) is 0 Å². The van der Waals surface area contributed by atoms with Crippen LogP contribution in [0.25, 0.3) is 11.1 Å². The molecule has 0 aliphatic heterocycles. The van der Waals surface area contributed by atoms with E-state index in [0.29, 0.717) is 18.0 Å². The van der Waals surface area contributed by atoms with E-state index < -0.39 is 10.0 Å². The van der Waals surface area contributed by atoms with Crippen molar-refractivity contribution in [1.29, 1.82) is 0 Å². The second-order valence-corrected chi connectivity index (χ2v) is 6.36. The van der Waals surface area contributed by atoms with Crippen molar-refractivity contribution in [2.45, 2.75) is 18.7 Å². The highest BCUT2D eigenvalue weighted by atomic mass is 32.2. The Kier molecular flexibility index (Phi) is 4.57. The average Bonchev–Trinajstić information content (AvgIpc) is 2.49. The van der Waals surface area contributed by atoms with E-state index in [4.69, 9.17) is 0 Å². The Labute approximate surface area is 120 Å². The van der Waals surface area contributed by atoms with Crippen LogP contribution in [0.4, 0.5) is 0 Å². The molecule has 0 aromatic heterocycles. The van der Waals surface area contributed by atoms with Gasteiger partial charge in [0.05, 0.1) is 4.90 Å². The van der Waals surface area contributed by atoms with Gasteiger partial charge in [-0.2, -0.15) is 4.31 Å². The van der Waals surface area contributed by atoms with Gasteiger partial charge in [-0.25, -0.2) is 8.42 Å². The summed E-state index contributed by atoms with van der Waals surface area (Å²) in [5.74, 6) is 0. The number of sulfonamides is 1. The molecule has 2 aromatic carbocycles. The van der Waals surface area contributed by atoms with E-state index in [1.54, 1.807) is 12.1 Å². The van der Waals surface area contributed by atoms with Crippen LogP contribution in [0.1, 0.15) is 13.8 Å². The molecule has 3 nitrogen and oxygen atoms in total. The molecular formula is C16H19NO2S. The zero-order chi connectivity index (χ0) is 14.6. The van der Waals surface area contributed by atoms with Crippen LogP contribution >= 0.6 is 0 Å². The van der Waals surface area contributed by atoms with Crippen molar-refractivity contribution in [3.8, 4) is 11.1 Å². The first kappa shape index (κ1) is 14.8. The van der Waals surface area contributed by atoms with Gasteiger partial charge in [-0.05, 0) is 11.6 Å². The smallest absolute Gasteiger partial charge is 0.207 e. The van der Waals surface area contributed by atoms with Crippen LogP contribution in [0.15, 0.2) is 59.5 Å². The van der Waals surface area contributed by atoms with Crippen molar-refractivity contribution in [3.63, 3.8) is 0 Å². The summed E-state index contributed by atoms with van der Waals surface area (Å²) >= 11 is 0. The molecule has 20 heavy (non-hydrogen) atoms. The molecule has 2 rings (SSSR count).